The fourth-order valence-electron chi connectivity index (χ4n) is 3.40. The summed E-state index contributed by atoms with van der Waals surface area (Å²) in [6.07, 6.45) is -2.72. The number of rotatable bonds is 17. The first-order valence-electron chi connectivity index (χ1n) is 12.7. The molecule has 1 aromatic carbocycles. The van der Waals surface area contributed by atoms with E-state index in [2.05, 4.69) is 21.3 Å². The van der Waals surface area contributed by atoms with Gasteiger partial charge >= 0.3 is 18.0 Å². The van der Waals surface area contributed by atoms with Gasteiger partial charge in [-0.05, 0) is 24.8 Å². The van der Waals surface area contributed by atoms with E-state index in [0.717, 1.165) is 0 Å². The van der Waals surface area contributed by atoms with E-state index >= 15 is 0 Å². The first-order chi connectivity index (χ1) is 19.2. The van der Waals surface area contributed by atoms with E-state index in [9.17, 15) is 38.0 Å². The Morgan fingerprint density at radius 3 is 1.95 bits per heavy atom. The molecule has 15 heteroatoms. The first kappa shape index (κ1) is 34.5. The van der Waals surface area contributed by atoms with Gasteiger partial charge in [-0.1, -0.05) is 44.2 Å². The molecule has 0 aromatic heterocycles. The Kier molecular flexibility index (Phi) is 14.5. The summed E-state index contributed by atoms with van der Waals surface area (Å²) in [5.74, 6) is -7.34. The zero-order chi connectivity index (χ0) is 31.1. The van der Waals surface area contributed by atoms with Crippen LogP contribution in [0, 0.1) is 5.92 Å². The van der Waals surface area contributed by atoms with Gasteiger partial charge in [0.25, 0.3) is 0 Å². The molecule has 0 radical (unpaired) electrons. The molecule has 0 saturated carbocycles. The Labute approximate surface area is 235 Å². The number of carbonyl (C=O) groups excluding carboxylic acids is 5. The molecule has 226 valence electrons. The van der Waals surface area contributed by atoms with Crippen molar-refractivity contribution in [1.82, 2.24) is 21.3 Å². The third-order valence-electron chi connectivity index (χ3n) is 5.68. The van der Waals surface area contributed by atoms with Crippen LogP contribution in [-0.4, -0.2) is 82.6 Å². The highest BCUT2D eigenvalue weighted by molar-refractivity contribution is 5.96. The molecular weight excluding hydrogens is 547 g/mol. The van der Waals surface area contributed by atoms with Crippen molar-refractivity contribution in [2.24, 2.45) is 5.92 Å². The molecule has 0 spiro atoms. The highest BCUT2D eigenvalue weighted by Gasteiger charge is 2.33. The van der Waals surface area contributed by atoms with Crippen LogP contribution < -0.4 is 21.3 Å². The number of ketones is 1. The summed E-state index contributed by atoms with van der Waals surface area (Å²) in [4.78, 5) is 84.5. The van der Waals surface area contributed by atoms with E-state index < -0.39 is 91.1 Å². The number of alkyl carbamates (subject to hydrolysis) is 1. The van der Waals surface area contributed by atoms with Gasteiger partial charge in [-0.2, -0.15) is 0 Å². The predicted molar refractivity (Wildman–Crippen MR) is 140 cm³/mol. The highest BCUT2D eigenvalue weighted by Crippen LogP contribution is 2.08. The van der Waals surface area contributed by atoms with Crippen molar-refractivity contribution < 1.29 is 52.9 Å². The largest absolute Gasteiger partial charge is 0.481 e. The average molecular weight is 583 g/mol. The zero-order valence-electron chi connectivity index (χ0n) is 22.8. The van der Waals surface area contributed by atoms with Gasteiger partial charge < -0.3 is 36.2 Å². The molecule has 0 aliphatic rings. The summed E-state index contributed by atoms with van der Waals surface area (Å²) in [5, 5.41) is 27.1. The molecular formula is C26H35FN4O10. The molecule has 4 amide bonds. The summed E-state index contributed by atoms with van der Waals surface area (Å²) in [7, 11) is 0. The number of amides is 4. The average Bonchev–Trinajstić information content (AvgIpc) is 2.91. The molecule has 0 aliphatic carbocycles. The number of alkyl halides is 1. The third-order valence-corrected chi connectivity index (χ3v) is 5.68. The second-order valence-electron chi connectivity index (χ2n) is 9.41. The maximum atomic E-state index is 13.0. The number of Topliss-reactive ketones (excluding diaryl/α,β-unsaturated/α-hetero) is 1. The maximum Gasteiger partial charge on any atom is 0.408 e. The molecule has 1 rings (SSSR count). The summed E-state index contributed by atoms with van der Waals surface area (Å²) in [6, 6.07) is 3.03. The summed E-state index contributed by atoms with van der Waals surface area (Å²) >= 11 is 0. The fraction of sp³-hybridized carbons (Fsp3) is 0.500. The standard InChI is InChI=1S/C26H35FN4O10/c1-14(2)22(25(39)30-18(11-21(35)36)19(32)12-27)31-24(38)17(9-10-20(33)34)29-23(37)15(3)28-26(40)41-13-16-7-5-4-6-8-16/h4-8,14-15,17-18,22H,9-13H2,1-3H3,(H,28,40)(H,29,37)(H,30,39)(H,31,38)(H,33,34)(H,35,36)/t15-,17+,18+,22-/m0/s1. The number of aliphatic carboxylic acids is 2. The van der Waals surface area contributed by atoms with Gasteiger partial charge in [-0.3, -0.25) is 28.8 Å². The molecule has 0 fully saturated rings. The number of hydrogen-bond acceptors (Lipinski definition) is 8. The van der Waals surface area contributed by atoms with E-state index in [4.69, 9.17) is 14.9 Å². The van der Waals surface area contributed by atoms with E-state index in [1.807, 2.05) is 0 Å². The Bertz CT molecular complexity index is 1100. The van der Waals surface area contributed by atoms with E-state index in [0.29, 0.717) is 5.56 Å². The van der Waals surface area contributed by atoms with Crippen molar-refractivity contribution in [3.63, 3.8) is 0 Å². The van der Waals surface area contributed by atoms with Gasteiger partial charge in [-0.15, -0.1) is 0 Å². The normalized spacial score (nSPS) is 13.6. The predicted octanol–water partition coefficient (Wildman–Crippen LogP) is 0.290. The highest BCUT2D eigenvalue weighted by atomic mass is 19.1. The van der Waals surface area contributed by atoms with Crippen molar-refractivity contribution >= 4 is 41.5 Å². The van der Waals surface area contributed by atoms with Crippen molar-refractivity contribution in [2.75, 3.05) is 6.67 Å². The second-order valence-corrected chi connectivity index (χ2v) is 9.41. The van der Waals surface area contributed by atoms with Crippen LogP contribution in [0.3, 0.4) is 0 Å². The van der Waals surface area contributed by atoms with Crippen molar-refractivity contribution in [3.05, 3.63) is 35.9 Å². The molecule has 14 nitrogen and oxygen atoms in total. The number of hydrogen-bond donors (Lipinski definition) is 6. The lowest BCUT2D eigenvalue weighted by Crippen LogP contribution is -2.59. The van der Waals surface area contributed by atoms with Gasteiger partial charge in [0.05, 0.1) is 6.42 Å². The van der Waals surface area contributed by atoms with Crippen LogP contribution in [0.4, 0.5) is 9.18 Å². The Morgan fingerprint density at radius 2 is 1.41 bits per heavy atom. The molecule has 41 heavy (non-hydrogen) atoms. The Morgan fingerprint density at radius 1 is 0.805 bits per heavy atom. The van der Waals surface area contributed by atoms with Crippen LogP contribution in [0.2, 0.25) is 0 Å². The van der Waals surface area contributed by atoms with Crippen LogP contribution in [0.25, 0.3) is 0 Å². The lowest BCUT2D eigenvalue weighted by molar-refractivity contribution is -0.141. The Balaban J connectivity index is 2.91. The number of carbonyl (C=O) groups is 7. The van der Waals surface area contributed by atoms with Gasteiger partial charge in [0, 0.05) is 6.42 Å². The fourth-order valence-corrected chi connectivity index (χ4v) is 3.40. The number of carboxylic acid groups (broad SMARTS) is 2. The zero-order valence-corrected chi connectivity index (χ0v) is 22.8. The topological polar surface area (TPSA) is 217 Å². The number of halogens is 1. The minimum Gasteiger partial charge on any atom is -0.481 e. The van der Waals surface area contributed by atoms with Crippen molar-refractivity contribution in [3.8, 4) is 0 Å². The molecule has 4 atom stereocenters. The van der Waals surface area contributed by atoms with Crippen LogP contribution >= 0.6 is 0 Å². The smallest absolute Gasteiger partial charge is 0.408 e. The lowest BCUT2D eigenvalue weighted by atomic mass is 10.0. The maximum absolute atomic E-state index is 13.0. The van der Waals surface area contributed by atoms with Gasteiger partial charge in [-0.25, -0.2) is 9.18 Å². The summed E-state index contributed by atoms with van der Waals surface area (Å²) in [6.45, 7) is 2.76. The monoisotopic (exact) mass is 582 g/mol. The van der Waals surface area contributed by atoms with Gasteiger partial charge in [0.1, 0.15) is 37.4 Å². The molecule has 0 aliphatic heterocycles. The third kappa shape index (κ3) is 12.9. The molecule has 0 heterocycles. The number of benzene rings is 1. The number of ether oxygens (including phenoxy) is 1. The minimum atomic E-state index is -1.68. The quantitative estimate of drug-likeness (QED) is 0.147. The van der Waals surface area contributed by atoms with E-state index in [-0.39, 0.29) is 13.0 Å². The SMILES string of the molecule is CC(C)[C@H](NC(=O)[C@@H](CCC(=O)O)NC(=O)[C@H](C)NC(=O)OCc1ccccc1)C(=O)N[C@H](CC(=O)O)C(=O)CF. The van der Waals surface area contributed by atoms with E-state index in [1.54, 1.807) is 30.3 Å². The number of carboxylic acids is 2. The second kappa shape index (κ2) is 17.2. The van der Waals surface area contributed by atoms with Crippen LogP contribution in [-0.2, 0) is 40.1 Å². The van der Waals surface area contributed by atoms with Gasteiger partial charge in [0.2, 0.25) is 17.7 Å². The molecule has 6 N–H and O–H groups in total. The van der Waals surface area contributed by atoms with Crippen LogP contribution in [0.15, 0.2) is 30.3 Å². The van der Waals surface area contributed by atoms with E-state index in [1.165, 1.54) is 20.8 Å². The van der Waals surface area contributed by atoms with Crippen molar-refractivity contribution in [2.45, 2.75) is 70.8 Å². The summed E-state index contributed by atoms with van der Waals surface area (Å²) in [5.41, 5.74) is 0.706. The summed E-state index contributed by atoms with van der Waals surface area (Å²) < 4.78 is 17.9. The van der Waals surface area contributed by atoms with Crippen molar-refractivity contribution in [1.29, 1.82) is 0 Å². The lowest BCUT2D eigenvalue weighted by Gasteiger charge is -2.27. The van der Waals surface area contributed by atoms with Crippen LogP contribution in [0.1, 0.15) is 45.6 Å². The van der Waals surface area contributed by atoms with Crippen LogP contribution in [0.5, 0.6) is 0 Å². The first-order valence-corrected chi connectivity index (χ1v) is 12.7. The molecule has 1 aromatic rings. The minimum absolute atomic E-state index is 0.0619. The molecule has 0 bridgehead atoms. The molecule has 0 saturated heterocycles. The van der Waals surface area contributed by atoms with Gasteiger partial charge in [0.15, 0.2) is 5.78 Å². The number of nitrogens with one attached hydrogen (secondary N) is 4. The molecule has 0 unspecified atom stereocenters. The Hall–Kier alpha value is -4.56.